The number of benzene rings is 2. The van der Waals surface area contributed by atoms with Gasteiger partial charge in [-0.1, -0.05) is 0 Å². The van der Waals surface area contributed by atoms with E-state index in [0.29, 0.717) is 11.8 Å². The standard InChI is InChI=1S/2C17H18N.C3H6.2ClH.Zr/c2*1-3-13-10-14-12-15(4-2)18(17(14)11-13)16-8-6-5-7-9-16;1-3-2;;;/h2*5-9,11-12,14H,3-4H2,1-2H3;1-2H3;2*1H;/q;;;;;+2/p-2. The van der Waals surface area contributed by atoms with Crippen LogP contribution in [0.2, 0.25) is 0 Å². The van der Waals surface area contributed by atoms with E-state index in [2.05, 4.69) is 136 Å². The van der Waals surface area contributed by atoms with Crippen molar-refractivity contribution in [2.24, 2.45) is 11.8 Å². The van der Waals surface area contributed by atoms with Crippen molar-refractivity contribution in [3.05, 3.63) is 125 Å². The van der Waals surface area contributed by atoms with Gasteiger partial charge in [0.1, 0.15) is 0 Å². The number of allylic oxidation sites excluding steroid dienone is 8. The van der Waals surface area contributed by atoms with Crippen molar-refractivity contribution in [3.63, 3.8) is 0 Å². The van der Waals surface area contributed by atoms with E-state index >= 15 is 0 Å². The summed E-state index contributed by atoms with van der Waals surface area (Å²) in [6.07, 6.45) is 14.7. The summed E-state index contributed by atoms with van der Waals surface area (Å²) in [6, 6.07) is 22.0. The molecule has 2 heterocycles. The zero-order chi connectivity index (χ0) is 28.0. The van der Waals surface area contributed by atoms with Crippen molar-refractivity contribution in [1.82, 2.24) is 0 Å². The molecule has 0 saturated carbocycles. The van der Waals surface area contributed by atoms with Crippen LogP contribution in [0, 0.1) is 11.8 Å². The van der Waals surface area contributed by atoms with Crippen molar-refractivity contribution in [3.8, 4) is 0 Å². The van der Waals surface area contributed by atoms with Crippen LogP contribution in [0.25, 0.3) is 0 Å². The Morgan fingerprint density at radius 2 is 0.976 bits per heavy atom. The van der Waals surface area contributed by atoms with Crippen LogP contribution in [-0.4, -0.2) is 3.21 Å². The number of nitrogens with zero attached hydrogens (tertiary/aromatic N) is 2. The Hall–Kier alpha value is -2.19. The quantitative estimate of drug-likeness (QED) is 0.420. The molecule has 6 rings (SSSR count). The van der Waals surface area contributed by atoms with Crippen molar-refractivity contribution in [1.29, 1.82) is 0 Å². The van der Waals surface area contributed by atoms with E-state index in [-0.39, 0.29) is 24.8 Å². The van der Waals surface area contributed by atoms with Gasteiger partial charge < -0.3 is 24.8 Å². The van der Waals surface area contributed by atoms with Crippen LogP contribution in [0.5, 0.6) is 0 Å². The number of para-hydroxylation sites is 2. The zero-order valence-corrected chi connectivity index (χ0v) is 29.7. The van der Waals surface area contributed by atoms with Gasteiger partial charge in [0.25, 0.3) is 0 Å². The first-order chi connectivity index (χ1) is 19.5. The normalized spacial score (nSPS) is 20.2. The molecule has 218 valence electrons. The summed E-state index contributed by atoms with van der Waals surface area (Å²) in [5, 5.41) is 0. The van der Waals surface area contributed by atoms with Gasteiger partial charge in [0.05, 0.1) is 0 Å². The van der Waals surface area contributed by atoms with Crippen molar-refractivity contribution in [2.45, 2.75) is 67.2 Å². The average molecular weight is 677 g/mol. The number of halogens is 2. The predicted molar refractivity (Wildman–Crippen MR) is 169 cm³/mol. The minimum atomic E-state index is -2.40. The molecule has 0 fully saturated rings. The second kappa shape index (κ2) is 13.6. The summed E-state index contributed by atoms with van der Waals surface area (Å²) in [7, 11) is 0. The maximum Gasteiger partial charge on any atom is -1.00 e. The van der Waals surface area contributed by atoms with Gasteiger partial charge in [-0.05, 0) is 0 Å². The zero-order valence-electron chi connectivity index (χ0n) is 25.7. The second-order valence-corrected chi connectivity index (χ2v) is 18.4. The maximum absolute atomic E-state index is 2.62. The fourth-order valence-electron chi connectivity index (χ4n) is 7.23. The third kappa shape index (κ3) is 5.36. The molecule has 0 aromatic heterocycles. The number of anilines is 2. The molecule has 5 heteroatoms. The number of hydrogen-bond donors (Lipinski definition) is 0. The monoisotopic (exact) mass is 674 g/mol. The van der Waals surface area contributed by atoms with E-state index in [4.69, 9.17) is 0 Å². The van der Waals surface area contributed by atoms with Gasteiger partial charge in [-0.25, -0.2) is 0 Å². The van der Waals surface area contributed by atoms with Gasteiger partial charge in [-0.3, -0.25) is 0 Å². The molecule has 2 aromatic carbocycles. The number of fused-ring (bicyclic) bond motifs is 2. The van der Waals surface area contributed by atoms with Crippen LogP contribution >= 0.6 is 0 Å². The molecule has 2 nitrogen and oxygen atoms in total. The van der Waals surface area contributed by atoms with E-state index in [9.17, 15) is 0 Å². The van der Waals surface area contributed by atoms with Crippen LogP contribution in [0.15, 0.2) is 125 Å². The molecule has 2 aromatic rings. The number of hydrogen-bond acceptors (Lipinski definition) is 2. The van der Waals surface area contributed by atoms with E-state index < -0.39 is 21.3 Å². The Bertz CT molecular complexity index is 1440. The Morgan fingerprint density at radius 1 is 0.595 bits per heavy atom. The molecule has 0 radical (unpaired) electrons. The minimum Gasteiger partial charge on any atom is -1.00 e. The third-order valence-corrected chi connectivity index (χ3v) is 17.2. The molecule has 0 amide bonds. The SMILES string of the molecule is CCC1=CC2C(=CC(CC)=[C]2[Zr+2]([C]2=C(CC)C=C3C2C=C(CC)N3c2ccccc2)=[C](C)C)N1c1ccccc1.[Cl-].[Cl-]. The minimum absolute atomic E-state index is 0. The molecule has 0 spiro atoms. The first-order valence-electron chi connectivity index (χ1n) is 15.2. The second-order valence-electron chi connectivity index (χ2n) is 11.4. The van der Waals surface area contributed by atoms with Gasteiger partial charge in [0.15, 0.2) is 0 Å². The molecular formula is C37H42Cl2N2Zr. The maximum atomic E-state index is 2.62. The number of rotatable bonds is 8. The van der Waals surface area contributed by atoms with Crippen molar-refractivity contribution in [2.75, 3.05) is 9.80 Å². The molecule has 0 bridgehead atoms. The molecule has 2 atom stereocenters. The molecule has 4 aliphatic rings. The van der Waals surface area contributed by atoms with Crippen LogP contribution in [0.1, 0.15) is 67.2 Å². The summed E-state index contributed by atoms with van der Waals surface area (Å²) in [5.74, 6) is 0.843. The first-order valence-corrected chi connectivity index (χ1v) is 18.9. The van der Waals surface area contributed by atoms with E-state index in [1.807, 2.05) is 6.56 Å². The summed E-state index contributed by atoms with van der Waals surface area (Å²) in [4.78, 5) is 5.13. The Morgan fingerprint density at radius 3 is 1.29 bits per heavy atom. The third-order valence-electron chi connectivity index (χ3n) is 8.96. The van der Waals surface area contributed by atoms with E-state index in [1.54, 1.807) is 14.4 Å². The predicted octanol–water partition coefficient (Wildman–Crippen LogP) is 3.81. The molecule has 2 aliphatic carbocycles. The molecular weight excluding hydrogens is 635 g/mol. The molecule has 2 unspecified atom stereocenters. The van der Waals surface area contributed by atoms with Crippen LogP contribution < -0.4 is 34.6 Å². The van der Waals surface area contributed by atoms with Crippen LogP contribution in [0.3, 0.4) is 0 Å². The summed E-state index contributed by atoms with van der Waals surface area (Å²) in [6.45, 7) is 14.3. The summed E-state index contributed by atoms with van der Waals surface area (Å²) in [5.41, 5.74) is 11.7. The van der Waals surface area contributed by atoms with Crippen LogP contribution in [-0.2, 0) is 21.3 Å². The Labute approximate surface area is 273 Å². The van der Waals surface area contributed by atoms with Gasteiger partial charge >= 0.3 is 250 Å². The van der Waals surface area contributed by atoms with Crippen LogP contribution in [0.4, 0.5) is 11.4 Å². The fourth-order valence-corrected chi connectivity index (χ4v) is 16.1. The largest absolute Gasteiger partial charge is 1.00 e. The topological polar surface area (TPSA) is 6.48 Å². The molecule has 42 heavy (non-hydrogen) atoms. The van der Waals surface area contributed by atoms with E-state index in [0.717, 1.165) is 25.7 Å². The van der Waals surface area contributed by atoms with Gasteiger partial charge in [-0.15, -0.1) is 0 Å². The fraction of sp³-hybridized carbons (Fsp3) is 0.324. The summed E-state index contributed by atoms with van der Waals surface area (Å²) >= 11 is -2.40. The first kappa shape index (κ1) is 32.7. The molecule has 0 saturated heterocycles. The average Bonchev–Trinajstić information content (AvgIpc) is 3.71. The smallest absolute Gasteiger partial charge is 1.00 e. The Balaban J connectivity index is 0.00000202. The molecule has 2 aliphatic heterocycles. The van der Waals surface area contributed by atoms with Crippen molar-refractivity contribution >= 4 is 14.6 Å². The summed E-state index contributed by atoms with van der Waals surface area (Å²) < 4.78 is 5.32. The molecule has 0 N–H and O–H groups in total. The van der Waals surface area contributed by atoms with Gasteiger partial charge in [0.2, 0.25) is 0 Å². The van der Waals surface area contributed by atoms with Gasteiger partial charge in [-0.2, -0.15) is 0 Å². The Kier molecular flexibility index (Phi) is 10.6. The van der Waals surface area contributed by atoms with E-state index in [1.165, 1.54) is 34.2 Å². The van der Waals surface area contributed by atoms with Gasteiger partial charge in [0, 0.05) is 0 Å². The van der Waals surface area contributed by atoms with Crippen molar-refractivity contribution < 1.29 is 46.1 Å².